The summed E-state index contributed by atoms with van der Waals surface area (Å²) >= 11 is 0.295. The number of hydrogen-bond acceptors (Lipinski definition) is 5. The lowest BCUT2D eigenvalue weighted by atomic mass is 10.1. The van der Waals surface area contributed by atoms with E-state index in [9.17, 15) is 36.3 Å². The molecule has 3 aromatic rings. The molecule has 1 unspecified atom stereocenters. The van der Waals surface area contributed by atoms with Crippen molar-refractivity contribution in [3.63, 3.8) is 0 Å². The molecule has 0 saturated carbocycles. The number of alkyl halides is 3. The Hall–Kier alpha value is -3.67. The number of nitrogens with zero attached hydrogens (tertiary/aromatic N) is 1. The van der Waals surface area contributed by atoms with Crippen LogP contribution in [0.4, 0.5) is 27.1 Å². The van der Waals surface area contributed by atoms with E-state index >= 15 is 0 Å². The van der Waals surface area contributed by atoms with Crippen LogP contribution in [0.1, 0.15) is 38.2 Å². The minimum Gasteiger partial charge on any atom is -0.341 e. The standard InChI is InChI=1S/C21H14F5N3O3S/c1-10(27-19(32)12-4-8-14(23)9-5-12)18(31)29-20-28-17(21(24,25)26)16(33-20)15(30)11-2-6-13(22)7-3-11/h2-10H,1H3,(H,27,32)(H,28,29,31). The Kier molecular flexibility index (Phi) is 6.86. The molecule has 33 heavy (non-hydrogen) atoms. The van der Waals surface area contributed by atoms with Crippen LogP contribution in [0.5, 0.6) is 0 Å². The number of nitrogens with one attached hydrogen (secondary N) is 2. The lowest BCUT2D eigenvalue weighted by Crippen LogP contribution is -2.41. The second-order valence-electron chi connectivity index (χ2n) is 6.72. The van der Waals surface area contributed by atoms with Gasteiger partial charge in [0.25, 0.3) is 5.91 Å². The molecular formula is C21H14F5N3O3S. The maximum Gasteiger partial charge on any atom is 0.435 e. The van der Waals surface area contributed by atoms with Gasteiger partial charge in [-0.2, -0.15) is 13.2 Å². The van der Waals surface area contributed by atoms with Gasteiger partial charge in [-0.05, 0) is 55.5 Å². The molecule has 2 aromatic carbocycles. The average Bonchev–Trinajstić information content (AvgIpc) is 3.18. The molecule has 0 aliphatic heterocycles. The first-order valence-corrected chi connectivity index (χ1v) is 10.0. The van der Waals surface area contributed by atoms with Crippen molar-refractivity contribution in [2.24, 2.45) is 0 Å². The predicted molar refractivity (Wildman–Crippen MR) is 109 cm³/mol. The monoisotopic (exact) mass is 483 g/mol. The van der Waals surface area contributed by atoms with Gasteiger partial charge in [0.1, 0.15) is 22.6 Å². The minimum atomic E-state index is -4.99. The van der Waals surface area contributed by atoms with Crippen molar-refractivity contribution in [1.29, 1.82) is 0 Å². The van der Waals surface area contributed by atoms with Gasteiger partial charge in [-0.15, -0.1) is 0 Å². The zero-order valence-corrected chi connectivity index (χ0v) is 17.5. The minimum absolute atomic E-state index is 0.0665. The molecule has 0 radical (unpaired) electrons. The van der Waals surface area contributed by atoms with E-state index in [0.717, 1.165) is 36.4 Å². The summed E-state index contributed by atoms with van der Waals surface area (Å²) in [4.78, 5) is 39.6. The maximum absolute atomic E-state index is 13.4. The molecule has 12 heteroatoms. The topological polar surface area (TPSA) is 88.2 Å². The highest BCUT2D eigenvalue weighted by Gasteiger charge is 2.40. The molecular weight excluding hydrogens is 469 g/mol. The summed E-state index contributed by atoms with van der Waals surface area (Å²) in [6, 6.07) is 7.20. The van der Waals surface area contributed by atoms with E-state index in [1.54, 1.807) is 0 Å². The fourth-order valence-electron chi connectivity index (χ4n) is 2.61. The van der Waals surface area contributed by atoms with E-state index in [4.69, 9.17) is 0 Å². The number of hydrogen-bond donors (Lipinski definition) is 2. The smallest absolute Gasteiger partial charge is 0.341 e. The SMILES string of the molecule is CC(NC(=O)c1ccc(F)cc1)C(=O)Nc1nc(C(F)(F)F)c(C(=O)c2ccc(F)cc2)s1. The number of halogens is 5. The summed E-state index contributed by atoms with van der Waals surface area (Å²) in [6.45, 7) is 1.28. The highest BCUT2D eigenvalue weighted by Crippen LogP contribution is 2.37. The fourth-order valence-corrected chi connectivity index (χ4v) is 3.56. The summed E-state index contributed by atoms with van der Waals surface area (Å²) in [5.41, 5.74) is -1.62. The summed E-state index contributed by atoms with van der Waals surface area (Å²) in [7, 11) is 0. The van der Waals surface area contributed by atoms with Crippen LogP contribution < -0.4 is 10.6 Å². The average molecular weight is 483 g/mol. The van der Waals surface area contributed by atoms with Gasteiger partial charge in [0, 0.05) is 11.1 Å². The quantitative estimate of drug-likeness (QED) is 0.401. The van der Waals surface area contributed by atoms with Crippen molar-refractivity contribution in [1.82, 2.24) is 10.3 Å². The summed E-state index contributed by atoms with van der Waals surface area (Å²) < 4.78 is 66.3. The Bertz CT molecular complexity index is 1190. The number of benzene rings is 2. The number of amides is 2. The molecule has 2 amide bonds. The van der Waals surface area contributed by atoms with E-state index in [1.165, 1.54) is 19.1 Å². The van der Waals surface area contributed by atoms with Gasteiger partial charge in [0.05, 0.1) is 0 Å². The number of aromatic nitrogens is 1. The third kappa shape index (κ3) is 5.77. The lowest BCUT2D eigenvalue weighted by Gasteiger charge is -2.13. The lowest BCUT2D eigenvalue weighted by molar-refractivity contribution is -0.141. The van der Waals surface area contributed by atoms with Crippen LogP contribution in [-0.4, -0.2) is 28.6 Å². The molecule has 0 aliphatic carbocycles. The third-order valence-corrected chi connectivity index (χ3v) is 5.26. The molecule has 172 valence electrons. The molecule has 1 atom stereocenters. The van der Waals surface area contributed by atoms with Crippen molar-refractivity contribution in [3.05, 3.63) is 81.9 Å². The zero-order valence-electron chi connectivity index (χ0n) is 16.7. The molecule has 0 aliphatic rings. The van der Waals surface area contributed by atoms with Crippen molar-refractivity contribution >= 4 is 34.1 Å². The van der Waals surface area contributed by atoms with Crippen LogP contribution in [-0.2, 0) is 11.0 Å². The van der Waals surface area contributed by atoms with Crippen molar-refractivity contribution in [3.8, 4) is 0 Å². The summed E-state index contributed by atoms with van der Waals surface area (Å²) in [5, 5.41) is 3.94. The summed E-state index contributed by atoms with van der Waals surface area (Å²) in [5.74, 6) is -3.88. The second kappa shape index (κ2) is 9.45. The van der Waals surface area contributed by atoms with E-state index in [-0.39, 0.29) is 11.1 Å². The molecule has 0 fully saturated rings. The Morgan fingerprint density at radius 2 is 1.42 bits per heavy atom. The first-order valence-electron chi connectivity index (χ1n) is 9.21. The van der Waals surface area contributed by atoms with Crippen LogP contribution in [0.2, 0.25) is 0 Å². The molecule has 1 heterocycles. The molecule has 0 saturated heterocycles. The van der Waals surface area contributed by atoms with E-state index in [2.05, 4.69) is 15.6 Å². The van der Waals surface area contributed by atoms with Crippen LogP contribution >= 0.6 is 11.3 Å². The van der Waals surface area contributed by atoms with Gasteiger partial charge in [0.15, 0.2) is 10.8 Å². The van der Waals surface area contributed by atoms with E-state index in [1.807, 2.05) is 0 Å². The highest BCUT2D eigenvalue weighted by atomic mass is 32.1. The van der Waals surface area contributed by atoms with Gasteiger partial charge in [-0.3, -0.25) is 14.4 Å². The fraction of sp³-hybridized carbons (Fsp3) is 0.143. The largest absolute Gasteiger partial charge is 0.435 e. The number of carbonyl (C=O) groups is 3. The van der Waals surface area contributed by atoms with Crippen molar-refractivity contribution < 1.29 is 36.3 Å². The van der Waals surface area contributed by atoms with Crippen LogP contribution in [0.15, 0.2) is 48.5 Å². The number of carbonyl (C=O) groups excluding carboxylic acids is 3. The summed E-state index contributed by atoms with van der Waals surface area (Å²) in [6.07, 6.45) is -4.99. The first-order chi connectivity index (χ1) is 15.5. The van der Waals surface area contributed by atoms with Gasteiger partial charge in [-0.1, -0.05) is 11.3 Å². The Balaban J connectivity index is 1.78. The normalized spacial score (nSPS) is 12.2. The third-order valence-electron chi connectivity index (χ3n) is 4.29. The van der Waals surface area contributed by atoms with E-state index < -0.39 is 57.2 Å². The maximum atomic E-state index is 13.4. The molecule has 6 nitrogen and oxygen atoms in total. The molecule has 0 bridgehead atoms. The first kappa shape index (κ1) is 24.0. The van der Waals surface area contributed by atoms with Crippen molar-refractivity contribution in [2.75, 3.05) is 5.32 Å². The highest BCUT2D eigenvalue weighted by molar-refractivity contribution is 7.18. The van der Waals surface area contributed by atoms with Crippen LogP contribution in [0.25, 0.3) is 0 Å². The second-order valence-corrected chi connectivity index (χ2v) is 7.72. The van der Waals surface area contributed by atoms with Gasteiger partial charge < -0.3 is 10.6 Å². The van der Waals surface area contributed by atoms with Gasteiger partial charge >= 0.3 is 6.18 Å². The molecule has 1 aromatic heterocycles. The predicted octanol–water partition coefficient (Wildman–Crippen LogP) is 4.43. The zero-order chi connectivity index (χ0) is 24.3. The molecule has 0 spiro atoms. The van der Waals surface area contributed by atoms with Gasteiger partial charge in [-0.25, -0.2) is 13.8 Å². The van der Waals surface area contributed by atoms with Gasteiger partial charge in [0.2, 0.25) is 11.7 Å². The number of anilines is 1. The van der Waals surface area contributed by atoms with E-state index in [0.29, 0.717) is 11.3 Å². The Morgan fingerprint density at radius 1 is 0.909 bits per heavy atom. The Morgan fingerprint density at radius 3 is 1.94 bits per heavy atom. The number of thiazole rings is 1. The number of rotatable bonds is 6. The van der Waals surface area contributed by atoms with Crippen LogP contribution in [0, 0.1) is 11.6 Å². The van der Waals surface area contributed by atoms with Crippen LogP contribution in [0.3, 0.4) is 0 Å². The number of ketones is 1. The Labute approximate surface area is 187 Å². The van der Waals surface area contributed by atoms with Crippen molar-refractivity contribution in [2.45, 2.75) is 19.1 Å². The molecule has 2 N–H and O–H groups in total. The molecule has 3 rings (SSSR count).